The van der Waals surface area contributed by atoms with Gasteiger partial charge in [0.1, 0.15) is 6.07 Å². The van der Waals surface area contributed by atoms with E-state index in [4.69, 9.17) is 19.5 Å². The minimum absolute atomic E-state index is 0.455. The van der Waals surface area contributed by atoms with Crippen LogP contribution in [0.25, 0.3) is 0 Å². The molecule has 0 saturated heterocycles. The average molecular weight is 207 g/mol. The van der Waals surface area contributed by atoms with E-state index in [-0.39, 0.29) is 0 Å². The number of para-hydroxylation sites is 1. The molecule has 1 unspecified atom stereocenters. The lowest BCUT2D eigenvalue weighted by Crippen LogP contribution is -2.10. The lowest BCUT2D eigenvalue weighted by molar-refractivity contribution is 0.245. The number of methoxy groups -OCH3 is 2. The quantitative estimate of drug-likeness (QED) is 0.757. The topological polar surface area (TPSA) is 51.5 Å². The minimum atomic E-state index is -0.546. The molecule has 1 aromatic carbocycles. The Kier molecular flexibility index (Phi) is 3.81. The van der Waals surface area contributed by atoms with Gasteiger partial charge >= 0.3 is 0 Å². The average Bonchev–Trinajstić information content (AvgIpc) is 2.29. The number of nitrogens with zero attached hydrogens (tertiary/aromatic N) is 1. The predicted octanol–water partition coefficient (Wildman–Crippen LogP) is 1.99. The van der Waals surface area contributed by atoms with Crippen molar-refractivity contribution >= 4 is 0 Å². The summed E-state index contributed by atoms with van der Waals surface area (Å²) in [5.74, 6) is 1.56. The summed E-state index contributed by atoms with van der Waals surface area (Å²) in [5.41, 5.74) is 0. The summed E-state index contributed by atoms with van der Waals surface area (Å²) in [6.07, 6.45) is -0.546. The fraction of sp³-hybridized carbons (Fsp3) is 0.364. The molecular weight excluding hydrogens is 194 g/mol. The molecule has 0 bridgehead atoms. The normalized spacial score (nSPS) is 11.3. The van der Waals surface area contributed by atoms with Crippen LogP contribution in [0, 0.1) is 11.3 Å². The molecule has 0 aliphatic heterocycles. The van der Waals surface area contributed by atoms with Gasteiger partial charge in [0.25, 0.3) is 0 Å². The Balaban J connectivity index is 3.06. The van der Waals surface area contributed by atoms with Crippen LogP contribution in [0.4, 0.5) is 0 Å². The van der Waals surface area contributed by atoms with E-state index in [2.05, 4.69) is 0 Å². The number of benzene rings is 1. The molecule has 80 valence electrons. The number of nitriles is 1. The van der Waals surface area contributed by atoms with Crippen molar-refractivity contribution in [2.75, 3.05) is 14.2 Å². The molecular formula is C11H13NO3. The third kappa shape index (κ3) is 2.53. The van der Waals surface area contributed by atoms with Gasteiger partial charge in [-0.1, -0.05) is 6.07 Å². The lowest BCUT2D eigenvalue weighted by atomic mass is 10.3. The molecule has 1 rings (SSSR count). The summed E-state index contributed by atoms with van der Waals surface area (Å²) in [5, 5.41) is 8.67. The maximum absolute atomic E-state index is 8.67. The van der Waals surface area contributed by atoms with Crippen molar-refractivity contribution in [3.63, 3.8) is 0 Å². The fourth-order valence-electron chi connectivity index (χ4n) is 1.14. The molecule has 0 heterocycles. The molecule has 0 fully saturated rings. The molecule has 4 heteroatoms. The van der Waals surface area contributed by atoms with Gasteiger partial charge in [-0.25, -0.2) is 0 Å². The number of hydrogen-bond acceptors (Lipinski definition) is 4. The largest absolute Gasteiger partial charge is 0.493 e. The Morgan fingerprint density at radius 3 is 2.13 bits per heavy atom. The van der Waals surface area contributed by atoms with E-state index < -0.39 is 6.10 Å². The van der Waals surface area contributed by atoms with E-state index in [1.165, 1.54) is 0 Å². The molecule has 0 aliphatic rings. The molecule has 15 heavy (non-hydrogen) atoms. The highest BCUT2D eigenvalue weighted by molar-refractivity contribution is 5.51. The maximum atomic E-state index is 8.67. The zero-order valence-corrected chi connectivity index (χ0v) is 8.98. The summed E-state index contributed by atoms with van der Waals surface area (Å²) >= 11 is 0. The molecule has 0 spiro atoms. The highest BCUT2D eigenvalue weighted by Gasteiger charge is 2.13. The van der Waals surface area contributed by atoms with Crippen LogP contribution < -0.4 is 14.2 Å². The zero-order valence-electron chi connectivity index (χ0n) is 8.98. The molecule has 4 nitrogen and oxygen atoms in total. The number of ether oxygens (including phenoxy) is 3. The molecule has 0 aliphatic carbocycles. The Morgan fingerprint density at radius 1 is 1.20 bits per heavy atom. The Labute approximate surface area is 89.0 Å². The number of rotatable bonds is 4. The van der Waals surface area contributed by atoms with Gasteiger partial charge in [-0.2, -0.15) is 5.26 Å². The number of hydrogen-bond donors (Lipinski definition) is 0. The first kappa shape index (κ1) is 11.2. The van der Waals surface area contributed by atoms with E-state index in [0.717, 1.165) is 0 Å². The van der Waals surface area contributed by atoms with E-state index in [1.54, 1.807) is 39.3 Å². The summed E-state index contributed by atoms with van der Waals surface area (Å²) in [6.45, 7) is 1.66. The van der Waals surface area contributed by atoms with Crippen LogP contribution in [0.5, 0.6) is 17.2 Å². The van der Waals surface area contributed by atoms with Gasteiger partial charge in [0.2, 0.25) is 5.75 Å². The molecule has 0 radical (unpaired) electrons. The minimum Gasteiger partial charge on any atom is -0.493 e. The molecule has 0 N–H and O–H groups in total. The fourth-order valence-corrected chi connectivity index (χ4v) is 1.14. The lowest BCUT2D eigenvalue weighted by Gasteiger charge is -2.14. The summed E-state index contributed by atoms with van der Waals surface area (Å²) in [4.78, 5) is 0. The Morgan fingerprint density at radius 2 is 1.73 bits per heavy atom. The first-order valence-corrected chi connectivity index (χ1v) is 4.50. The summed E-state index contributed by atoms with van der Waals surface area (Å²) in [6, 6.07) is 7.28. The van der Waals surface area contributed by atoms with Gasteiger partial charge in [0, 0.05) is 0 Å². The van der Waals surface area contributed by atoms with E-state index in [0.29, 0.717) is 17.2 Å². The van der Waals surface area contributed by atoms with Crippen LogP contribution in [0.2, 0.25) is 0 Å². The summed E-state index contributed by atoms with van der Waals surface area (Å²) in [7, 11) is 3.08. The van der Waals surface area contributed by atoms with Crippen LogP contribution in [0.3, 0.4) is 0 Å². The van der Waals surface area contributed by atoms with Crippen LogP contribution in [-0.2, 0) is 0 Å². The third-order valence-electron chi connectivity index (χ3n) is 1.86. The van der Waals surface area contributed by atoms with Gasteiger partial charge in [-0.15, -0.1) is 0 Å². The van der Waals surface area contributed by atoms with Crippen LogP contribution >= 0.6 is 0 Å². The zero-order chi connectivity index (χ0) is 11.3. The highest BCUT2D eigenvalue weighted by atomic mass is 16.5. The van der Waals surface area contributed by atoms with E-state index >= 15 is 0 Å². The maximum Gasteiger partial charge on any atom is 0.204 e. The van der Waals surface area contributed by atoms with Crippen molar-refractivity contribution < 1.29 is 14.2 Å². The van der Waals surface area contributed by atoms with Crippen molar-refractivity contribution in [3.05, 3.63) is 18.2 Å². The molecule has 0 aromatic heterocycles. The van der Waals surface area contributed by atoms with Gasteiger partial charge in [-0.05, 0) is 19.1 Å². The van der Waals surface area contributed by atoms with Crippen molar-refractivity contribution in [2.24, 2.45) is 0 Å². The second kappa shape index (κ2) is 5.11. The van der Waals surface area contributed by atoms with E-state index in [1.807, 2.05) is 6.07 Å². The standard InChI is InChI=1S/C11H13NO3/c1-8(7-12)15-11-9(13-2)5-4-6-10(11)14-3/h4-6,8H,1-3H3. The van der Waals surface area contributed by atoms with Crippen molar-refractivity contribution in [1.82, 2.24) is 0 Å². The van der Waals surface area contributed by atoms with Crippen molar-refractivity contribution in [2.45, 2.75) is 13.0 Å². The smallest absolute Gasteiger partial charge is 0.204 e. The second-order valence-electron chi connectivity index (χ2n) is 2.88. The van der Waals surface area contributed by atoms with Crippen LogP contribution in [0.1, 0.15) is 6.92 Å². The predicted molar refractivity (Wildman–Crippen MR) is 55.2 cm³/mol. The van der Waals surface area contributed by atoms with Gasteiger partial charge in [0.15, 0.2) is 17.6 Å². The monoisotopic (exact) mass is 207 g/mol. The Hall–Kier alpha value is -1.89. The van der Waals surface area contributed by atoms with Crippen molar-refractivity contribution in [1.29, 1.82) is 5.26 Å². The summed E-state index contributed by atoms with van der Waals surface area (Å²) < 4.78 is 15.6. The first-order valence-electron chi connectivity index (χ1n) is 4.50. The molecule has 1 aromatic rings. The first-order chi connectivity index (χ1) is 7.22. The van der Waals surface area contributed by atoms with Crippen LogP contribution in [-0.4, -0.2) is 20.3 Å². The molecule has 0 saturated carbocycles. The van der Waals surface area contributed by atoms with Crippen molar-refractivity contribution in [3.8, 4) is 23.3 Å². The van der Waals surface area contributed by atoms with Gasteiger partial charge in [-0.3, -0.25) is 0 Å². The molecule has 0 amide bonds. The van der Waals surface area contributed by atoms with Gasteiger partial charge < -0.3 is 14.2 Å². The second-order valence-corrected chi connectivity index (χ2v) is 2.88. The van der Waals surface area contributed by atoms with E-state index in [9.17, 15) is 0 Å². The highest BCUT2D eigenvalue weighted by Crippen LogP contribution is 2.37. The molecule has 1 atom stereocenters. The SMILES string of the molecule is COc1cccc(OC)c1OC(C)C#N. The van der Waals surface area contributed by atoms with Gasteiger partial charge in [0.05, 0.1) is 14.2 Å². The van der Waals surface area contributed by atoms with Crippen LogP contribution in [0.15, 0.2) is 18.2 Å². The third-order valence-corrected chi connectivity index (χ3v) is 1.86. The Bertz CT molecular complexity index is 348.